The van der Waals surface area contributed by atoms with Crippen LogP contribution in [0, 0.1) is 17.8 Å². The first kappa shape index (κ1) is 23.6. The Morgan fingerprint density at radius 3 is 2.61 bits per heavy atom. The first-order valence-electron chi connectivity index (χ1n) is 11.6. The van der Waals surface area contributed by atoms with Crippen molar-refractivity contribution in [3.05, 3.63) is 40.4 Å². The van der Waals surface area contributed by atoms with E-state index in [4.69, 9.17) is 16.3 Å². The van der Waals surface area contributed by atoms with Crippen molar-refractivity contribution in [1.29, 1.82) is 0 Å². The first-order chi connectivity index (χ1) is 14.8. The van der Waals surface area contributed by atoms with Crippen LogP contribution in [0.15, 0.2) is 18.2 Å². The maximum absolute atomic E-state index is 12.9. The number of ether oxygens (including phenoxy) is 1. The molecule has 1 fully saturated rings. The number of nitrogens with one attached hydrogen (secondary N) is 1. The smallest absolute Gasteiger partial charge is 0.273 e. The lowest BCUT2D eigenvalue weighted by molar-refractivity contribution is 0.0937. The summed E-state index contributed by atoms with van der Waals surface area (Å²) < 4.78 is 7.52. The summed E-state index contributed by atoms with van der Waals surface area (Å²) in [7, 11) is 1.66. The summed E-state index contributed by atoms with van der Waals surface area (Å²) in [6.45, 7) is 9.39. The molecule has 0 atom stereocenters. The van der Waals surface area contributed by atoms with Gasteiger partial charge in [0.15, 0.2) is 5.69 Å². The fourth-order valence-corrected chi connectivity index (χ4v) is 4.75. The molecule has 0 spiro atoms. The number of carbonyl (C=O) groups is 1. The van der Waals surface area contributed by atoms with E-state index in [9.17, 15) is 4.79 Å². The molecule has 0 saturated heterocycles. The molecule has 1 amide bonds. The first-order valence-corrected chi connectivity index (χ1v) is 11.9. The summed E-state index contributed by atoms with van der Waals surface area (Å²) in [6.07, 6.45) is 6.45. The summed E-state index contributed by atoms with van der Waals surface area (Å²) in [5.74, 6) is 3.17. The number of hydrogen-bond donors (Lipinski definition) is 1. The molecule has 0 radical (unpaired) electrons. The van der Waals surface area contributed by atoms with E-state index in [1.807, 2.05) is 17.6 Å². The van der Waals surface area contributed by atoms with Gasteiger partial charge in [0.2, 0.25) is 0 Å². The number of hydrogen-bond acceptors (Lipinski definition) is 3. The minimum atomic E-state index is -0.201. The SMILES string of the molecule is CCc1nc(C(=O)NCC2CCC(C)CC2)c(Cl)n1-c1ccc(CC(C)C)cc1OC. The molecule has 0 unspecified atom stereocenters. The van der Waals surface area contributed by atoms with Gasteiger partial charge in [-0.3, -0.25) is 9.36 Å². The van der Waals surface area contributed by atoms with Crippen LogP contribution in [0.3, 0.4) is 0 Å². The summed E-state index contributed by atoms with van der Waals surface area (Å²) >= 11 is 6.72. The Morgan fingerprint density at radius 2 is 2.00 bits per heavy atom. The fourth-order valence-electron chi connectivity index (χ4n) is 4.43. The number of amides is 1. The molecule has 1 aliphatic rings. The lowest BCUT2D eigenvalue weighted by Crippen LogP contribution is -2.31. The van der Waals surface area contributed by atoms with Crippen LogP contribution in [0.25, 0.3) is 5.69 Å². The summed E-state index contributed by atoms with van der Waals surface area (Å²) in [4.78, 5) is 17.5. The van der Waals surface area contributed by atoms with Gasteiger partial charge < -0.3 is 10.1 Å². The highest BCUT2D eigenvalue weighted by Crippen LogP contribution is 2.32. The Hall–Kier alpha value is -2.01. The molecule has 0 bridgehead atoms. The third-order valence-corrected chi connectivity index (χ3v) is 6.59. The van der Waals surface area contributed by atoms with Gasteiger partial charge in [0.25, 0.3) is 5.91 Å². The molecule has 1 aromatic carbocycles. The monoisotopic (exact) mass is 445 g/mol. The highest BCUT2D eigenvalue weighted by atomic mass is 35.5. The Balaban J connectivity index is 1.83. The number of rotatable bonds is 8. The second kappa shape index (κ2) is 10.5. The van der Waals surface area contributed by atoms with Gasteiger partial charge in [-0.2, -0.15) is 0 Å². The van der Waals surface area contributed by atoms with Gasteiger partial charge >= 0.3 is 0 Å². The lowest BCUT2D eigenvalue weighted by Gasteiger charge is -2.26. The topological polar surface area (TPSA) is 56.2 Å². The van der Waals surface area contributed by atoms with Crippen molar-refractivity contribution in [3.8, 4) is 11.4 Å². The zero-order valence-electron chi connectivity index (χ0n) is 19.5. The van der Waals surface area contributed by atoms with Crippen LogP contribution in [-0.2, 0) is 12.8 Å². The number of benzene rings is 1. The van der Waals surface area contributed by atoms with E-state index >= 15 is 0 Å². The number of nitrogens with zero attached hydrogens (tertiary/aromatic N) is 2. The number of methoxy groups -OCH3 is 1. The molecule has 6 heteroatoms. The van der Waals surface area contributed by atoms with Crippen LogP contribution < -0.4 is 10.1 Å². The quantitative estimate of drug-likeness (QED) is 0.554. The zero-order chi connectivity index (χ0) is 22.5. The molecule has 1 saturated carbocycles. The summed E-state index contributed by atoms with van der Waals surface area (Å²) in [6, 6.07) is 6.15. The number of halogens is 1. The van der Waals surface area contributed by atoms with Crippen molar-refractivity contribution in [1.82, 2.24) is 14.9 Å². The predicted octanol–water partition coefficient (Wildman–Crippen LogP) is 5.85. The van der Waals surface area contributed by atoms with E-state index in [2.05, 4.69) is 43.2 Å². The fraction of sp³-hybridized carbons (Fsp3) is 0.600. The number of aromatic nitrogens is 2. The van der Waals surface area contributed by atoms with Crippen LogP contribution in [0.2, 0.25) is 5.15 Å². The lowest BCUT2D eigenvalue weighted by atomic mass is 9.83. The van der Waals surface area contributed by atoms with E-state index < -0.39 is 0 Å². The highest BCUT2D eigenvalue weighted by Gasteiger charge is 2.25. The van der Waals surface area contributed by atoms with Crippen molar-refractivity contribution in [2.75, 3.05) is 13.7 Å². The van der Waals surface area contributed by atoms with Crippen LogP contribution in [0.1, 0.15) is 75.3 Å². The third kappa shape index (κ3) is 5.62. The van der Waals surface area contributed by atoms with E-state index in [1.54, 1.807) is 7.11 Å². The third-order valence-electron chi connectivity index (χ3n) is 6.24. The highest BCUT2D eigenvalue weighted by molar-refractivity contribution is 6.33. The van der Waals surface area contributed by atoms with Gasteiger partial charge in [-0.1, -0.05) is 58.2 Å². The molecule has 1 heterocycles. The minimum Gasteiger partial charge on any atom is -0.495 e. The zero-order valence-corrected chi connectivity index (χ0v) is 20.3. The Bertz CT molecular complexity index is 898. The Kier molecular flexibility index (Phi) is 8.04. The number of aryl methyl sites for hydroxylation is 1. The molecular weight excluding hydrogens is 410 g/mol. The van der Waals surface area contributed by atoms with Crippen molar-refractivity contribution in [2.24, 2.45) is 17.8 Å². The van der Waals surface area contributed by atoms with Crippen molar-refractivity contribution < 1.29 is 9.53 Å². The molecule has 1 aromatic heterocycles. The van der Waals surface area contributed by atoms with Gasteiger partial charge in [-0.15, -0.1) is 0 Å². The van der Waals surface area contributed by atoms with Crippen molar-refractivity contribution in [3.63, 3.8) is 0 Å². The number of imidazole rings is 1. The van der Waals surface area contributed by atoms with Crippen LogP contribution in [0.5, 0.6) is 5.75 Å². The second-order valence-corrected chi connectivity index (χ2v) is 9.65. The van der Waals surface area contributed by atoms with Gasteiger partial charge in [-0.25, -0.2) is 4.98 Å². The molecule has 2 aromatic rings. The maximum Gasteiger partial charge on any atom is 0.273 e. The van der Waals surface area contributed by atoms with Crippen molar-refractivity contribution >= 4 is 17.5 Å². The van der Waals surface area contributed by atoms with Crippen LogP contribution >= 0.6 is 11.6 Å². The van der Waals surface area contributed by atoms with E-state index in [-0.39, 0.29) is 11.6 Å². The summed E-state index contributed by atoms with van der Waals surface area (Å²) in [5.41, 5.74) is 2.31. The molecule has 0 aliphatic heterocycles. The Morgan fingerprint density at radius 1 is 1.29 bits per heavy atom. The molecule has 5 nitrogen and oxygen atoms in total. The van der Waals surface area contributed by atoms with Gasteiger partial charge in [0, 0.05) is 13.0 Å². The average Bonchev–Trinajstić information content (AvgIpc) is 3.08. The van der Waals surface area contributed by atoms with E-state index in [1.165, 1.54) is 31.2 Å². The minimum absolute atomic E-state index is 0.201. The van der Waals surface area contributed by atoms with Crippen molar-refractivity contribution in [2.45, 2.75) is 66.2 Å². The van der Waals surface area contributed by atoms with Crippen LogP contribution in [0.4, 0.5) is 0 Å². The molecule has 1 N–H and O–H groups in total. The van der Waals surface area contributed by atoms with E-state index in [0.29, 0.717) is 30.0 Å². The Labute approximate surface area is 191 Å². The molecule has 31 heavy (non-hydrogen) atoms. The predicted molar refractivity (Wildman–Crippen MR) is 127 cm³/mol. The van der Waals surface area contributed by atoms with Crippen LogP contribution in [-0.4, -0.2) is 29.1 Å². The van der Waals surface area contributed by atoms with Gasteiger partial charge in [0.1, 0.15) is 16.7 Å². The van der Waals surface area contributed by atoms with E-state index in [0.717, 1.165) is 29.6 Å². The molecular formula is C25H36ClN3O2. The van der Waals surface area contributed by atoms with Gasteiger partial charge in [-0.05, 0) is 54.7 Å². The maximum atomic E-state index is 12.9. The molecule has 1 aliphatic carbocycles. The average molecular weight is 446 g/mol. The van der Waals surface area contributed by atoms with Gasteiger partial charge in [0.05, 0.1) is 12.8 Å². The largest absolute Gasteiger partial charge is 0.495 e. The molecule has 170 valence electrons. The second-order valence-electron chi connectivity index (χ2n) is 9.30. The molecule has 3 rings (SSSR count). The number of carbonyl (C=O) groups excluding carboxylic acids is 1. The normalized spacial score (nSPS) is 18.9. The summed E-state index contributed by atoms with van der Waals surface area (Å²) in [5, 5.41) is 3.40. The standard InChI is InChI=1S/C25H36ClN3O2/c1-6-22-28-23(25(30)27-15-18-9-7-17(4)8-10-18)24(26)29(22)20-12-11-19(13-16(2)3)14-21(20)31-5/h11-12,14,16-18H,6-10,13,15H2,1-5H3,(H,27,30).